The van der Waals surface area contributed by atoms with Gasteiger partial charge in [-0.2, -0.15) is 5.10 Å². The minimum Gasteiger partial charge on any atom is -0.252 e. The van der Waals surface area contributed by atoms with Crippen LogP contribution < -0.4 is 0 Å². The van der Waals surface area contributed by atoms with Crippen LogP contribution in [0.4, 0.5) is 0 Å². The molecule has 3 heteroatoms. The van der Waals surface area contributed by atoms with Crippen molar-refractivity contribution < 1.29 is 0 Å². The zero-order chi connectivity index (χ0) is 11.6. The average Bonchev–Trinajstić information content (AvgIpc) is 2.71. The molecule has 84 valence electrons. The van der Waals surface area contributed by atoms with Gasteiger partial charge in [0.25, 0.3) is 0 Å². The zero-order valence-corrected chi connectivity index (χ0v) is 9.63. The number of allylic oxidation sites excluding steroid dienone is 4. The van der Waals surface area contributed by atoms with Crippen molar-refractivity contribution in [1.82, 2.24) is 14.8 Å². The second-order valence-electron chi connectivity index (χ2n) is 4.42. The fraction of sp³-hybridized carbons (Fsp3) is 0.385. The van der Waals surface area contributed by atoms with E-state index in [2.05, 4.69) is 30.2 Å². The van der Waals surface area contributed by atoms with Crippen molar-refractivity contribution in [1.29, 1.82) is 0 Å². The SMILES string of the molecule is C=C/C=C(\C=C)[C@]1(Cn2cncn2)C[C@H]1C. The molecule has 0 spiro atoms. The van der Waals surface area contributed by atoms with Crippen molar-refractivity contribution in [3.63, 3.8) is 0 Å². The quantitative estimate of drug-likeness (QED) is 0.707. The molecule has 0 unspecified atom stereocenters. The molecular weight excluding hydrogens is 198 g/mol. The van der Waals surface area contributed by atoms with Gasteiger partial charge in [-0.05, 0) is 17.9 Å². The first-order chi connectivity index (χ1) is 7.73. The first kappa shape index (κ1) is 10.9. The van der Waals surface area contributed by atoms with Gasteiger partial charge in [0.05, 0.1) is 6.54 Å². The van der Waals surface area contributed by atoms with Crippen LogP contribution in [-0.2, 0) is 6.54 Å². The highest BCUT2D eigenvalue weighted by Gasteiger charge is 2.53. The zero-order valence-electron chi connectivity index (χ0n) is 9.63. The number of hydrogen-bond donors (Lipinski definition) is 0. The Morgan fingerprint density at radius 3 is 2.81 bits per heavy atom. The molecule has 0 N–H and O–H groups in total. The third-order valence-corrected chi connectivity index (χ3v) is 3.46. The Morgan fingerprint density at radius 2 is 2.38 bits per heavy atom. The molecule has 0 saturated heterocycles. The second-order valence-corrected chi connectivity index (χ2v) is 4.42. The molecule has 1 heterocycles. The standard InChI is InChI=1S/C13H17N3/c1-4-6-12(5-2)13(7-11(13)3)8-16-10-14-9-15-16/h4-6,9-11H,1-2,7-8H2,3H3/b12-6+/t11-,13+/m1/s1. The van der Waals surface area contributed by atoms with E-state index in [-0.39, 0.29) is 5.41 Å². The van der Waals surface area contributed by atoms with Crippen LogP contribution in [0, 0.1) is 11.3 Å². The van der Waals surface area contributed by atoms with Gasteiger partial charge in [0.1, 0.15) is 12.7 Å². The Morgan fingerprint density at radius 1 is 1.62 bits per heavy atom. The van der Waals surface area contributed by atoms with Crippen LogP contribution in [0.5, 0.6) is 0 Å². The summed E-state index contributed by atoms with van der Waals surface area (Å²) < 4.78 is 1.89. The molecule has 3 nitrogen and oxygen atoms in total. The topological polar surface area (TPSA) is 30.7 Å². The second kappa shape index (κ2) is 4.08. The van der Waals surface area contributed by atoms with Gasteiger partial charge in [0.2, 0.25) is 0 Å². The van der Waals surface area contributed by atoms with E-state index >= 15 is 0 Å². The highest BCUT2D eigenvalue weighted by Crippen LogP contribution is 2.58. The van der Waals surface area contributed by atoms with Crippen LogP contribution >= 0.6 is 0 Å². The summed E-state index contributed by atoms with van der Waals surface area (Å²) in [6, 6.07) is 0. The maximum absolute atomic E-state index is 4.17. The first-order valence-electron chi connectivity index (χ1n) is 5.51. The van der Waals surface area contributed by atoms with Gasteiger partial charge in [-0.3, -0.25) is 4.68 Å². The molecular formula is C13H17N3. The largest absolute Gasteiger partial charge is 0.252 e. The van der Waals surface area contributed by atoms with E-state index in [0.717, 1.165) is 6.54 Å². The molecule has 0 aliphatic heterocycles. The van der Waals surface area contributed by atoms with Gasteiger partial charge in [0, 0.05) is 5.41 Å². The van der Waals surface area contributed by atoms with Gasteiger partial charge in [-0.1, -0.05) is 38.3 Å². The molecule has 1 aromatic heterocycles. The molecule has 2 atom stereocenters. The molecule has 16 heavy (non-hydrogen) atoms. The molecule has 1 saturated carbocycles. The molecule has 2 rings (SSSR count). The summed E-state index contributed by atoms with van der Waals surface area (Å²) in [5.41, 5.74) is 1.44. The smallest absolute Gasteiger partial charge is 0.137 e. The third kappa shape index (κ3) is 1.73. The van der Waals surface area contributed by atoms with Crippen molar-refractivity contribution in [3.8, 4) is 0 Å². The molecule has 1 aliphatic carbocycles. The lowest BCUT2D eigenvalue weighted by Crippen LogP contribution is -2.16. The number of nitrogens with zero attached hydrogens (tertiary/aromatic N) is 3. The van der Waals surface area contributed by atoms with Crippen LogP contribution in [0.15, 0.2) is 49.6 Å². The van der Waals surface area contributed by atoms with Gasteiger partial charge in [0.15, 0.2) is 0 Å². The fourth-order valence-corrected chi connectivity index (χ4v) is 2.37. The van der Waals surface area contributed by atoms with Crippen molar-refractivity contribution in [2.75, 3.05) is 0 Å². The van der Waals surface area contributed by atoms with Gasteiger partial charge in [-0.25, -0.2) is 4.98 Å². The summed E-state index contributed by atoms with van der Waals surface area (Å²) in [6.45, 7) is 10.8. The lowest BCUT2D eigenvalue weighted by Gasteiger charge is -2.17. The fourth-order valence-electron chi connectivity index (χ4n) is 2.37. The molecule has 0 radical (unpaired) electrons. The van der Waals surface area contributed by atoms with Crippen molar-refractivity contribution >= 4 is 0 Å². The highest BCUT2D eigenvalue weighted by atomic mass is 15.3. The van der Waals surface area contributed by atoms with Crippen LogP contribution in [0.3, 0.4) is 0 Å². The van der Waals surface area contributed by atoms with Crippen molar-refractivity contribution in [2.45, 2.75) is 19.9 Å². The molecule has 0 bridgehead atoms. The van der Waals surface area contributed by atoms with E-state index in [4.69, 9.17) is 0 Å². The molecule has 1 aromatic rings. The first-order valence-corrected chi connectivity index (χ1v) is 5.51. The van der Waals surface area contributed by atoms with Crippen LogP contribution in [0.2, 0.25) is 0 Å². The number of aromatic nitrogens is 3. The predicted molar refractivity (Wildman–Crippen MR) is 64.7 cm³/mol. The third-order valence-electron chi connectivity index (χ3n) is 3.46. The van der Waals surface area contributed by atoms with Crippen LogP contribution in [0.25, 0.3) is 0 Å². The summed E-state index contributed by atoms with van der Waals surface area (Å²) >= 11 is 0. The molecule has 0 amide bonds. The summed E-state index contributed by atoms with van der Waals surface area (Å²) in [7, 11) is 0. The Kier molecular flexibility index (Phi) is 2.77. The number of rotatable bonds is 5. The summed E-state index contributed by atoms with van der Waals surface area (Å²) in [5.74, 6) is 0.667. The van der Waals surface area contributed by atoms with E-state index in [0.29, 0.717) is 5.92 Å². The van der Waals surface area contributed by atoms with E-state index in [1.807, 2.05) is 22.9 Å². The van der Waals surface area contributed by atoms with Gasteiger partial charge >= 0.3 is 0 Å². The van der Waals surface area contributed by atoms with Gasteiger partial charge < -0.3 is 0 Å². The Hall–Kier alpha value is -1.64. The van der Waals surface area contributed by atoms with E-state index in [1.165, 1.54) is 12.0 Å². The maximum atomic E-state index is 4.17. The molecule has 0 aromatic carbocycles. The van der Waals surface area contributed by atoms with E-state index < -0.39 is 0 Å². The predicted octanol–water partition coefficient (Wildman–Crippen LogP) is 2.60. The Labute approximate surface area is 96.2 Å². The molecule has 1 fully saturated rings. The minimum absolute atomic E-state index is 0.184. The summed E-state index contributed by atoms with van der Waals surface area (Å²) in [4.78, 5) is 3.98. The lowest BCUT2D eigenvalue weighted by atomic mass is 9.92. The maximum Gasteiger partial charge on any atom is 0.137 e. The monoisotopic (exact) mass is 215 g/mol. The highest BCUT2D eigenvalue weighted by molar-refractivity contribution is 5.35. The average molecular weight is 215 g/mol. The Bertz CT molecular complexity index is 416. The molecule has 1 aliphatic rings. The Balaban J connectivity index is 2.23. The summed E-state index contributed by atoms with van der Waals surface area (Å²) in [6.07, 6.45) is 10.3. The minimum atomic E-state index is 0.184. The van der Waals surface area contributed by atoms with E-state index in [1.54, 1.807) is 12.7 Å². The van der Waals surface area contributed by atoms with Crippen LogP contribution in [-0.4, -0.2) is 14.8 Å². The van der Waals surface area contributed by atoms with Gasteiger partial charge in [-0.15, -0.1) is 0 Å². The van der Waals surface area contributed by atoms with E-state index in [9.17, 15) is 0 Å². The normalized spacial score (nSPS) is 28.8. The number of hydrogen-bond acceptors (Lipinski definition) is 2. The summed E-state index contributed by atoms with van der Waals surface area (Å²) in [5, 5.41) is 4.17. The van der Waals surface area contributed by atoms with Crippen molar-refractivity contribution in [2.24, 2.45) is 11.3 Å². The lowest BCUT2D eigenvalue weighted by molar-refractivity contribution is 0.432. The van der Waals surface area contributed by atoms with Crippen LogP contribution in [0.1, 0.15) is 13.3 Å². The van der Waals surface area contributed by atoms with Crippen molar-refractivity contribution in [3.05, 3.63) is 49.6 Å².